The van der Waals surface area contributed by atoms with Gasteiger partial charge in [0.15, 0.2) is 0 Å². The molecule has 2 heterocycles. The third-order valence-corrected chi connectivity index (χ3v) is 2.47. The van der Waals surface area contributed by atoms with Gasteiger partial charge in [-0.2, -0.15) is 0 Å². The first kappa shape index (κ1) is 5.86. The number of aryl methyl sites for hydroxylation is 1. The van der Waals surface area contributed by atoms with E-state index in [1.165, 1.54) is 15.0 Å². The zero-order valence-corrected chi connectivity index (χ0v) is 6.48. The van der Waals surface area contributed by atoms with Gasteiger partial charge in [0.1, 0.15) is 0 Å². The van der Waals surface area contributed by atoms with E-state index in [1.807, 2.05) is 29.8 Å². The second-order valence-electron chi connectivity index (χ2n) is 2.27. The van der Waals surface area contributed by atoms with Crippen molar-refractivity contribution in [2.24, 2.45) is 0 Å². The standard InChI is InChI=1S/C8H7NS/c1-6-4-7-5-9-3-2-8(7)10-6/h2-5H,1H3. The Morgan fingerprint density at radius 1 is 1.50 bits per heavy atom. The smallest absolute Gasteiger partial charge is 0.0376 e. The second-order valence-corrected chi connectivity index (χ2v) is 3.56. The minimum Gasteiger partial charge on any atom is -0.264 e. The van der Waals surface area contributed by atoms with Crippen molar-refractivity contribution in [3.05, 3.63) is 29.4 Å². The molecule has 0 radical (unpaired) electrons. The molecule has 0 aliphatic heterocycles. The summed E-state index contributed by atoms with van der Waals surface area (Å²) in [5.41, 5.74) is 0. The van der Waals surface area contributed by atoms with Crippen LogP contribution in [-0.4, -0.2) is 4.98 Å². The molecule has 2 heteroatoms. The molecule has 0 N–H and O–H groups in total. The Labute approximate surface area is 63.3 Å². The van der Waals surface area contributed by atoms with E-state index in [4.69, 9.17) is 0 Å². The van der Waals surface area contributed by atoms with Crippen molar-refractivity contribution < 1.29 is 0 Å². The summed E-state index contributed by atoms with van der Waals surface area (Å²) in [5, 5.41) is 1.25. The van der Waals surface area contributed by atoms with Gasteiger partial charge in [-0.1, -0.05) is 0 Å². The minimum absolute atomic E-state index is 1.25. The van der Waals surface area contributed by atoms with Crippen LogP contribution in [0.15, 0.2) is 24.5 Å². The maximum absolute atomic E-state index is 4.03. The minimum atomic E-state index is 1.25. The lowest BCUT2D eigenvalue weighted by Crippen LogP contribution is -1.64. The quantitative estimate of drug-likeness (QED) is 0.561. The molecular formula is C8H7NS. The Balaban J connectivity index is 2.88. The highest BCUT2D eigenvalue weighted by Crippen LogP contribution is 2.22. The number of aromatic nitrogens is 1. The molecule has 0 aliphatic carbocycles. The number of rotatable bonds is 0. The summed E-state index contributed by atoms with van der Waals surface area (Å²) in [6.07, 6.45) is 3.73. The molecule has 1 nitrogen and oxygen atoms in total. The predicted molar refractivity (Wildman–Crippen MR) is 44.4 cm³/mol. The summed E-state index contributed by atoms with van der Waals surface area (Å²) in [4.78, 5) is 5.38. The number of thiophene rings is 1. The first-order valence-corrected chi connectivity index (χ1v) is 3.98. The van der Waals surface area contributed by atoms with Crippen LogP contribution in [0.2, 0.25) is 0 Å². The van der Waals surface area contributed by atoms with Gasteiger partial charge in [0.2, 0.25) is 0 Å². The molecule has 2 rings (SSSR count). The Morgan fingerprint density at radius 2 is 2.40 bits per heavy atom. The number of hydrogen-bond acceptors (Lipinski definition) is 2. The summed E-state index contributed by atoms with van der Waals surface area (Å²) in [5.74, 6) is 0. The number of hydrogen-bond donors (Lipinski definition) is 0. The highest BCUT2D eigenvalue weighted by atomic mass is 32.1. The van der Waals surface area contributed by atoms with Gasteiger partial charge < -0.3 is 0 Å². The van der Waals surface area contributed by atoms with Crippen LogP contribution >= 0.6 is 11.3 Å². The highest BCUT2D eigenvalue weighted by Gasteiger charge is 1.94. The van der Waals surface area contributed by atoms with E-state index in [2.05, 4.69) is 18.0 Å². The monoisotopic (exact) mass is 149 g/mol. The Kier molecular flexibility index (Phi) is 1.21. The molecule has 2 aromatic heterocycles. The van der Waals surface area contributed by atoms with Crippen molar-refractivity contribution in [2.45, 2.75) is 6.92 Å². The zero-order chi connectivity index (χ0) is 6.97. The van der Waals surface area contributed by atoms with Crippen LogP contribution in [0.1, 0.15) is 4.88 Å². The van der Waals surface area contributed by atoms with Crippen molar-refractivity contribution in [3.8, 4) is 0 Å². The second kappa shape index (κ2) is 2.06. The average molecular weight is 149 g/mol. The lowest BCUT2D eigenvalue weighted by molar-refractivity contribution is 1.37. The average Bonchev–Trinajstić information content (AvgIpc) is 2.27. The molecule has 0 saturated carbocycles. The van der Waals surface area contributed by atoms with Crippen LogP contribution in [0.25, 0.3) is 10.1 Å². The van der Waals surface area contributed by atoms with Crippen LogP contribution in [0, 0.1) is 6.92 Å². The summed E-state index contributed by atoms with van der Waals surface area (Å²) in [7, 11) is 0. The maximum Gasteiger partial charge on any atom is 0.0376 e. The van der Waals surface area contributed by atoms with Gasteiger partial charge in [-0.25, -0.2) is 0 Å². The van der Waals surface area contributed by atoms with E-state index >= 15 is 0 Å². The first-order chi connectivity index (χ1) is 4.86. The molecule has 2 aromatic rings. The third kappa shape index (κ3) is 0.809. The third-order valence-electron chi connectivity index (χ3n) is 1.44. The van der Waals surface area contributed by atoms with Gasteiger partial charge >= 0.3 is 0 Å². The van der Waals surface area contributed by atoms with Gasteiger partial charge in [-0.3, -0.25) is 4.98 Å². The van der Waals surface area contributed by atoms with Gasteiger partial charge in [-0.05, 0) is 19.1 Å². The van der Waals surface area contributed by atoms with E-state index < -0.39 is 0 Å². The van der Waals surface area contributed by atoms with E-state index in [9.17, 15) is 0 Å². The summed E-state index contributed by atoms with van der Waals surface area (Å²) >= 11 is 1.81. The van der Waals surface area contributed by atoms with Crippen LogP contribution in [0.5, 0.6) is 0 Å². The van der Waals surface area contributed by atoms with E-state index in [0.717, 1.165) is 0 Å². The molecule has 50 valence electrons. The molecule has 0 unspecified atom stereocenters. The van der Waals surface area contributed by atoms with Crippen LogP contribution in [0.3, 0.4) is 0 Å². The van der Waals surface area contributed by atoms with Crippen molar-refractivity contribution in [1.29, 1.82) is 0 Å². The Bertz CT molecular complexity index is 318. The van der Waals surface area contributed by atoms with E-state index in [1.54, 1.807) is 0 Å². The zero-order valence-electron chi connectivity index (χ0n) is 5.66. The number of nitrogens with zero attached hydrogens (tertiary/aromatic N) is 1. The van der Waals surface area contributed by atoms with Crippen molar-refractivity contribution in [2.75, 3.05) is 0 Å². The summed E-state index contributed by atoms with van der Waals surface area (Å²) in [6.45, 7) is 2.12. The number of fused-ring (bicyclic) bond motifs is 1. The molecule has 0 atom stereocenters. The molecule has 0 spiro atoms. The molecule has 0 amide bonds. The molecule has 0 bridgehead atoms. The van der Waals surface area contributed by atoms with E-state index in [0.29, 0.717) is 0 Å². The van der Waals surface area contributed by atoms with Crippen LogP contribution < -0.4 is 0 Å². The summed E-state index contributed by atoms with van der Waals surface area (Å²) in [6, 6.07) is 4.21. The largest absolute Gasteiger partial charge is 0.264 e. The Hall–Kier alpha value is -0.890. The van der Waals surface area contributed by atoms with Gasteiger partial charge in [0.25, 0.3) is 0 Å². The van der Waals surface area contributed by atoms with Gasteiger partial charge in [0, 0.05) is 27.4 Å². The predicted octanol–water partition coefficient (Wildman–Crippen LogP) is 2.60. The highest BCUT2D eigenvalue weighted by molar-refractivity contribution is 7.18. The van der Waals surface area contributed by atoms with E-state index in [-0.39, 0.29) is 0 Å². The van der Waals surface area contributed by atoms with Gasteiger partial charge in [0.05, 0.1) is 0 Å². The number of pyridine rings is 1. The fourth-order valence-corrected chi connectivity index (χ4v) is 1.91. The van der Waals surface area contributed by atoms with Crippen molar-refractivity contribution >= 4 is 21.4 Å². The van der Waals surface area contributed by atoms with Crippen molar-refractivity contribution in [3.63, 3.8) is 0 Å². The van der Waals surface area contributed by atoms with Gasteiger partial charge in [-0.15, -0.1) is 11.3 Å². The Morgan fingerprint density at radius 3 is 3.20 bits per heavy atom. The maximum atomic E-state index is 4.03. The normalized spacial score (nSPS) is 10.5. The molecule has 0 aliphatic rings. The summed E-state index contributed by atoms with van der Waals surface area (Å²) < 4.78 is 1.33. The molecule has 0 fully saturated rings. The molecule has 0 aromatic carbocycles. The van der Waals surface area contributed by atoms with Crippen LogP contribution in [0.4, 0.5) is 0 Å². The SMILES string of the molecule is Cc1cc2cnccc2s1. The van der Waals surface area contributed by atoms with Crippen LogP contribution in [-0.2, 0) is 0 Å². The fourth-order valence-electron chi connectivity index (χ4n) is 1.02. The lowest BCUT2D eigenvalue weighted by Gasteiger charge is -1.81. The first-order valence-electron chi connectivity index (χ1n) is 3.16. The molecule has 0 saturated heterocycles. The molecule has 10 heavy (non-hydrogen) atoms. The van der Waals surface area contributed by atoms with Crippen molar-refractivity contribution in [1.82, 2.24) is 4.98 Å². The topological polar surface area (TPSA) is 12.9 Å². The lowest BCUT2D eigenvalue weighted by atomic mass is 10.3. The fraction of sp³-hybridized carbons (Fsp3) is 0.125. The molecular weight excluding hydrogens is 142 g/mol.